The smallest absolute Gasteiger partial charge is 0.261 e. The average molecular weight is 276 g/mol. The largest absolute Gasteiger partial charge is 0.389 e. The first kappa shape index (κ1) is 14.7. The van der Waals surface area contributed by atoms with Crippen molar-refractivity contribution in [2.45, 2.75) is 33.4 Å². The van der Waals surface area contributed by atoms with Gasteiger partial charge in [-0.2, -0.15) is 0 Å². The van der Waals surface area contributed by atoms with Gasteiger partial charge in [0, 0.05) is 6.61 Å². The minimum atomic E-state index is -0.710. The lowest BCUT2D eigenvalue weighted by Crippen LogP contribution is -2.29. The van der Waals surface area contributed by atoms with Crippen LogP contribution in [-0.2, 0) is 11.3 Å². The van der Waals surface area contributed by atoms with E-state index < -0.39 is 6.10 Å². The summed E-state index contributed by atoms with van der Waals surface area (Å²) in [5.41, 5.74) is 2.61. The maximum atomic E-state index is 12.4. The van der Waals surface area contributed by atoms with Gasteiger partial charge in [0.05, 0.1) is 36.5 Å². The number of benzene rings is 1. The number of aromatic nitrogens is 2. The summed E-state index contributed by atoms with van der Waals surface area (Å²) in [6, 6.07) is 3.84. The third kappa shape index (κ3) is 3.05. The molecule has 1 atom stereocenters. The lowest BCUT2D eigenvalue weighted by Gasteiger charge is -2.13. The predicted molar refractivity (Wildman–Crippen MR) is 78.0 cm³/mol. The van der Waals surface area contributed by atoms with Crippen LogP contribution in [0.3, 0.4) is 0 Å². The van der Waals surface area contributed by atoms with Gasteiger partial charge in [0.1, 0.15) is 0 Å². The summed E-state index contributed by atoms with van der Waals surface area (Å²) >= 11 is 0. The zero-order chi connectivity index (χ0) is 14.7. The highest BCUT2D eigenvalue weighted by atomic mass is 16.5. The van der Waals surface area contributed by atoms with Crippen LogP contribution in [0.5, 0.6) is 0 Å². The fraction of sp³-hybridized carbons (Fsp3) is 0.467. The molecule has 1 heterocycles. The molecular formula is C15H20N2O3. The zero-order valence-corrected chi connectivity index (χ0v) is 12.1. The molecule has 0 saturated heterocycles. The molecule has 1 unspecified atom stereocenters. The normalized spacial score (nSPS) is 12.8. The molecule has 0 amide bonds. The van der Waals surface area contributed by atoms with E-state index in [0.29, 0.717) is 12.0 Å². The van der Waals surface area contributed by atoms with Crippen molar-refractivity contribution < 1.29 is 9.84 Å². The molecule has 0 aliphatic rings. The van der Waals surface area contributed by atoms with Gasteiger partial charge < -0.3 is 9.84 Å². The highest BCUT2D eigenvalue weighted by Gasteiger charge is 2.10. The Morgan fingerprint density at radius 3 is 2.85 bits per heavy atom. The van der Waals surface area contributed by atoms with Crippen LogP contribution in [0.4, 0.5) is 0 Å². The third-order valence-electron chi connectivity index (χ3n) is 3.18. The van der Waals surface area contributed by atoms with Gasteiger partial charge in [-0.3, -0.25) is 9.36 Å². The van der Waals surface area contributed by atoms with Crippen LogP contribution >= 0.6 is 0 Å². The highest BCUT2D eigenvalue weighted by Crippen LogP contribution is 2.14. The maximum absolute atomic E-state index is 12.4. The molecule has 108 valence electrons. The zero-order valence-electron chi connectivity index (χ0n) is 12.1. The quantitative estimate of drug-likeness (QED) is 0.897. The summed E-state index contributed by atoms with van der Waals surface area (Å²) in [5, 5.41) is 10.4. The van der Waals surface area contributed by atoms with Crippen LogP contribution in [0.2, 0.25) is 0 Å². The monoisotopic (exact) mass is 276 g/mol. The van der Waals surface area contributed by atoms with Gasteiger partial charge in [-0.15, -0.1) is 0 Å². The molecule has 0 radical (unpaired) electrons. The van der Waals surface area contributed by atoms with Crippen LogP contribution in [0, 0.1) is 13.8 Å². The standard InChI is InChI=1S/C15H20N2O3/c1-4-20-8-12(18)7-17-9-16-14-11(3)5-10(2)6-13(14)15(17)19/h5-6,9,12,18H,4,7-8H2,1-3H3. The Kier molecular flexibility index (Phi) is 4.52. The number of hydrogen-bond acceptors (Lipinski definition) is 4. The van der Waals surface area contributed by atoms with Gasteiger partial charge in [0.25, 0.3) is 5.56 Å². The second-order valence-corrected chi connectivity index (χ2v) is 4.99. The molecule has 0 spiro atoms. The lowest BCUT2D eigenvalue weighted by atomic mass is 10.1. The fourth-order valence-corrected chi connectivity index (χ4v) is 2.29. The Morgan fingerprint density at radius 2 is 2.15 bits per heavy atom. The summed E-state index contributed by atoms with van der Waals surface area (Å²) in [6.07, 6.45) is 0.778. The second kappa shape index (κ2) is 6.15. The number of aliphatic hydroxyl groups excluding tert-OH is 1. The van der Waals surface area contributed by atoms with Crippen molar-refractivity contribution >= 4 is 10.9 Å². The molecule has 2 rings (SSSR count). The van der Waals surface area contributed by atoms with Crippen molar-refractivity contribution in [2.75, 3.05) is 13.2 Å². The maximum Gasteiger partial charge on any atom is 0.261 e. The van der Waals surface area contributed by atoms with E-state index in [1.807, 2.05) is 32.9 Å². The molecule has 1 aromatic carbocycles. The Morgan fingerprint density at radius 1 is 1.40 bits per heavy atom. The van der Waals surface area contributed by atoms with E-state index in [-0.39, 0.29) is 18.7 Å². The van der Waals surface area contributed by atoms with Crippen LogP contribution in [0.15, 0.2) is 23.3 Å². The number of aliphatic hydroxyl groups is 1. The summed E-state index contributed by atoms with van der Waals surface area (Å²) in [5.74, 6) is 0. The minimum Gasteiger partial charge on any atom is -0.389 e. The van der Waals surface area contributed by atoms with Gasteiger partial charge in [-0.25, -0.2) is 4.98 Å². The number of ether oxygens (including phenoxy) is 1. The molecule has 0 saturated carbocycles. The van der Waals surface area contributed by atoms with E-state index in [1.54, 1.807) is 0 Å². The Balaban J connectivity index is 2.37. The Labute approximate surface area is 117 Å². The first-order valence-corrected chi connectivity index (χ1v) is 6.75. The Bertz CT molecular complexity index is 664. The fourth-order valence-electron chi connectivity index (χ4n) is 2.29. The first-order chi connectivity index (χ1) is 9.52. The molecule has 0 aliphatic carbocycles. The van der Waals surface area contributed by atoms with Crippen LogP contribution in [-0.4, -0.2) is 34.0 Å². The topological polar surface area (TPSA) is 64.3 Å². The summed E-state index contributed by atoms with van der Waals surface area (Å²) < 4.78 is 6.58. The van der Waals surface area contributed by atoms with Crippen molar-refractivity contribution in [3.05, 3.63) is 39.9 Å². The van der Waals surface area contributed by atoms with Gasteiger partial charge >= 0.3 is 0 Å². The number of aryl methyl sites for hydroxylation is 2. The van der Waals surface area contributed by atoms with E-state index in [0.717, 1.165) is 16.6 Å². The van der Waals surface area contributed by atoms with Crippen molar-refractivity contribution in [2.24, 2.45) is 0 Å². The number of fused-ring (bicyclic) bond motifs is 1. The lowest BCUT2D eigenvalue weighted by molar-refractivity contribution is 0.0329. The molecule has 1 aromatic heterocycles. The first-order valence-electron chi connectivity index (χ1n) is 6.75. The summed E-state index contributed by atoms with van der Waals surface area (Å²) in [6.45, 7) is 6.70. The van der Waals surface area contributed by atoms with Gasteiger partial charge in [0.2, 0.25) is 0 Å². The molecule has 1 N–H and O–H groups in total. The Hall–Kier alpha value is -1.72. The van der Waals surface area contributed by atoms with Crippen molar-refractivity contribution in [3.8, 4) is 0 Å². The predicted octanol–water partition coefficient (Wildman–Crippen LogP) is 1.41. The molecule has 0 bridgehead atoms. The van der Waals surface area contributed by atoms with E-state index in [9.17, 15) is 9.90 Å². The summed E-state index contributed by atoms with van der Waals surface area (Å²) in [7, 11) is 0. The second-order valence-electron chi connectivity index (χ2n) is 4.99. The molecule has 0 fully saturated rings. The van der Waals surface area contributed by atoms with Crippen molar-refractivity contribution in [3.63, 3.8) is 0 Å². The minimum absolute atomic E-state index is 0.127. The van der Waals surface area contributed by atoms with Crippen LogP contribution < -0.4 is 5.56 Å². The van der Waals surface area contributed by atoms with E-state index in [2.05, 4.69) is 4.98 Å². The van der Waals surface area contributed by atoms with E-state index in [1.165, 1.54) is 10.9 Å². The number of nitrogens with zero attached hydrogens (tertiary/aromatic N) is 2. The van der Waals surface area contributed by atoms with Crippen molar-refractivity contribution in [1.29, 1.82) is 0 Å². The average Bonchev–Trinajstić information content (AvgIpc) is 2.40. The van der Waals surface area contributed by atoms with Gasteiger partial charge in [-0.05, 0) is 38.0 Å². The molecule has 0 aliphatic heterocycles. The SMILES string of the molecule is CCOCC(O)Cn1cnc2c(C)cc(C)cc2c1=O. The van der Waals surface area contributed by atoms with E-state index >= 15 is 0 Å². The molecule has 5 heteroatoms. The van der Waals surface area contributed by atoms with Gasteiger partial charge in [-0.1, -0.05) is 6.07 Å². The highest BCUT2D eigenvalue weighted by molar-refractivity contribution is 5.81. The van der Waals surface area contributed by atoms with Crippen molar-refractivity contribution in [1.82, 2.24) is 9.55 Å². The molecule has 2 aromatic rings. The number of hydrogen-bond donors (Lipinski definition) is 1. The van der Waals surface area contributed by atoms with Crippen LogP contribution in [0.1, 0.15) is 18.1 Å². The van der Waals surface area contributed by atoms with E-state index in [4.69, 9.17) is 4.74 Å². The third-order valence-corrected chi connectivity index (χ3v) is 3.18. The molecule has 20 heavy (non-hydrogen) atoms. The molecular weight excluding hydrogens is 256 g/mol. The van der Waals surface area contributed by atoms with Crippen LogP contribution in [0.25, 0.3) is 10.9 Å². The number of rotatable bonds is 5. The molecule has 5 nitrogen and oxygen atoms in total. The van der Waals surface area contributed by atoms with Gasteiger partial charge in [0.15, 0.2) is 0 Å². The summed E-state index contributed by atoms with van der Waals surface area (Å²) in [4.78, 5) is 16.7.